The van der Waals surface area contributed by atoms with Gasteiger partial charge in [-0.3, -0.25) is 14.8 Å². The molecule has 2 aromatic rings. The molecular weight excluding hydrogens is 322 g/mol. The summed E-state index contributed by atoms with van der Waals surface area (Å²) in [4.78, 5) is 21.6. The van der Waals surface area contributed by atoms with E-state index in [0.717, 1.165) is 53.7 Å². The summed E-state index contributed by atoms with van der Waals surface area (Å²) in [6.45, 7) is 0.557. The summed E-state index contributed by atoms with van der Waals surface area (Å²) in [5.41, 5.74) is 3.06. The van der Waals surface area contributed by atoms with E-state index in [2.05, 4.69) is 21.4 Å². The molecule has 0 saturated heterocycles. The highest BCUT2D eigenvalue weighted by Gasteiger charge is 2.54. The van der Waals surface area contributed by atoms with E-state index in [1.807, 2.05) is 30.7 Å². The van der Waals surface area contributed by atoms with Crippen molar-refractivity contribution in [3.63, 3.8) is 0 Å². The molecule has 0 aliphatic heterocycles. The molecule has 26 heavy (non-hydrogen) atoms. The Morgan fingerprint density at radius 1 is 1.00 bits per heavy atom. The van der Waals surface area contributed by atoms with Gasteiger partial charge in [0.05, 0.1) is 0 Å². The summed E-state index contributed by atoms with van der Waals surface area (Å²) < 4.78 is 0. The molecule has 0 atom stereocenters. The summed E-state index contributed by atoms with van der Waals surface area (Å²) in [7, 11) is 0. The number of hydrogen-bond acceptors (Lipinski definition) is 3. The van der Waals surface area contributed by atoms with Gasteiger partial charge < -0.3 is 5.32 Å². The van der Waals surface area contributed by atoms with Crippen LogP contribution in [0.25, 0.3) is 11.1 Å². The highest BCUT2D eigenvalue weighted by Crippen LogP contribution is 2.60. The Balaban J connectivity index is 1.29. The third kappa shape index (κ3) is 2.81. The Labute approximate surface area is 154 Å². The molecule has 4 aliphatic rings. The number of carbonyl (C=O) groups is 1. The number of carbonyl (C=O) groups excluding carboxylic acids is 1. The molecule has 2 aromatic heterocycles. The second-order valence-electron chi connectivity index (χ2n) is 8.70. The molecule has 4 fully saturated rings. The average Bonchev–Trinajstić information content (AvgIpc) is 2.66. The lowest BCUT2D eigenvalue weighted by molar-refractivity contribution is -0.146. The highest BCUT2D eigenvalue weighted by molar-refractivity contribution is 5.83. The van der Waals surface area contributed by atoms with Crippen molar-refractivity contribution in [2.75, 3.05) is 0 Å². The zero-order valence-electron chi connectivity index (χ0n) is 15.0. The number of nitrogens with zero attached hydrogens (tertiary/aromatic N) is 2. The molecule has 0 unspecified atom stereocenters. The van der Waals surface area contributed by atoms with E-state index in [-0.39, 0.29) is 11.3 Å². The Morgan fingerprint density at radius 3 is 2.35 bits per heavy atom. The molecule has 1 N–H and O–H groups in total. The maximum Gasteiger partial charge on any atom is 0.226 e. The largest absolute Gasteiger partial charge is 0.351 e. The minimum absolute atomic E-state index is 0.0802. The normalized spacial score (nSPS) is 31.8. The molecule has 1 amide bonds. The fourth-order valence-electron chi connectivity index (χ4n) is 6.03. The van der Waals surface area contributed by atoms with Crippen molar-refractivity contribution >= 4 is 5.91 Å². The third-order valence-corrected chi connectivity index (χ3v) is 6.76. The van der Waals surface area contributed by atoms with Gasteiger partial charge in [-0.25, -0.2) is 0 Å². The maximum absolute atomic E-state index is 13.1. The second kappa shape index (κ2) is 6.19. The zero-order valence-corrected chi connectivity index (χ0v) is 15.0. The minimum Gasteiger partial charge on any atom is -0.351 e. The topological polar surface area (TPSA) is 54.9 Å². The summed E-state index contributed by atoms with van der Waals surface area (Å²) in [6.07, 6.45) is 14.7. The van der Waals surface area contributed by atoms with Gasteiger partial charge in [0, 0.05) is 47.9 Å². The van der Waals surface area contributed by atoms with Gasteiger partial charge in [-0.05, 0) is 74.0 Å². The van der Waals surface area contributed by atoms with Gasteiger partial charge in [-0.15, -0.1) is 0 Å². The Kier molecular flexibility index (Phi) is 3.80. The first-order valence-corrected chi connectivity index (χ1v) is 9.83. The van der Waals surface area contributed by atoms with Gasteiger partial charge >= 0.3 is 0 Å². The predicted molar refractivity (Wildman–Crippen MR) is 99.9 cm³/mol. The molecule has 0 radical (unpaired) electrons. The first kappa shape index (κ1) is 16.0. The number of nitrogens with one attached hydrogen (secondary N) is 1. The van der Waals surface area contributed by atoms with Crippen molar-refractivity contribution in [3.8, 4) is 11.1 Å². The molecule has 4 bridgehead atoms. The van der Waals surface area contributed by atoms with Crippen molar-refractivity contribution in [1.82, 2.24) is 15.3 Å². The Hall–Kier alpha value is -2.23. The van der Waals surface area contributed by atoms with E-state index in [4.69, 9.17) is 0 Å². The van der Waals surface area contributed by atoms with Crippen LogP contribution in [0.4, 0.5) is 0 Å². The van der Waals surface area contributed by atoms with Gasteiger partial charge in [0.2, 0.25) is 5.91 Å². The molecule has 6 rings (SSSR count). The standard InChI is InChI=1S/C22H25N3O/c26-21(22-8-15-4-16(9-22)6-17(5-15)10-22)25-12-18-7-20(14-24-11-18)19-2-1-3-23-13-19/h1-3,7,11,13-17H,4-6,8-10,12H2,(H,25,26). The highest BCUT2D eigenvalue weighted by atomic mass is 16.2. The Bertz CT molecular complexity index is 782. The number of rotatable bonds is 4. The Morgan fingerprint density at radius 2 is 1.69 bits per heavy atom. The van der Waals surface area contributed by atoms with Crippen LogP contribution in [0.3, 0.4) is 0 Å². The van der Waals surface area contributed by atoms with Crippen LogP contribution in [0.15, 0.2) is 43.0 Å². The quantitative estimate of drug-likeness (QED) is 0.910. The van der Waals surface area contributed by atoms with Crippen LogP contribution in [0.2, 0.25) is 0 Å². The monoisotopic (exact) mass is 347 g/mol. The number of amides is 1. The van der Waals surface area contributed by atoms with Crippen LogP contribution in [-0.2, 0) is 11.3 Å². The van der Waals surface area contributed by atoms with Crippen molar-refractivity contribution < 1.29 is 4.79 Å². The van der Waals surface area contributed by atoms with Crippen LogP contribution < -0.4 is 5.32 Å². The van der Waals surface area contributed by atoms with Crippen LogP contribution in [0, 0.1) is 23.2 Å². The van der Waals surface area contributed by atoms with Gasteiger partial charge in [-0.2, -0.15) is 0 Å². The van der Waals surface area contributed by atoms with Gasteiger partial charge in [-0.1, -0.05) is 6.07 Å². The molecule has 4 nitrogen and oxygen atoms in total. The van der Waals surface area contributed by atoms with Crippen LogP contribution in [0.5, 0.6) is 0 Å². The van der Waals surface area contributed by atoms with E-state index < -0.39 is 0 Å². The fraction of sp³-hybridized carbons (Fsp3) is 0.500. The van der Waals surface area contributed by atoms with Crippen molar-refractivity contribution in [2.45, 2.75) is 45.1 Å². The summed E-state index contributed by atoms with van der Waals surface area (Å²) in [5, 5.41) is 3.24. The lowest BCUT2D eigenvalue weighted by Crippen LogP contribution is -2.53. The van der Waals surface area contributed by atoms with E-state index in [9.17, 15) is 4.79 Å². The summed E-state index contributed by atoms with van der Waals surface area (Å²) in [6, 6.07) is 6.06. The van der Waals surface area contributed by atoms with Gasteiger partial charge in [0.1, 0.15) is 0 Å². The maximum atomic E-state index is 13.1. The fourth-order valence-corrected chi connectivity index (χ4v) is 6.03. The molecule has 134 valence electrons. The molecular formula is C22H25N3O. The van der Waals surface area contributed by atoms with Crippen LogP contribution >= 0.6 is 0 Å². The molecule has 2 heterocycles. The number of aromatic nitrogens is 2. The SMILES string of the molecule is O=C(NCc1cncc(-c2cccnc2)c1)C12CC3CC(CC(C3)C1)C2. The molecule has 0 aromatic carbocycles. The van der Waals surface area contributed by atoms with Crippen LogP contribution in [0.1, 0.15) is 44.1 Å². The minimum atomic E-state index is -0.0802. The van der Waals surface area contributed by atoms with Crippen molar-refractivity contribution in [1.29, 1.82) is 0 Å². The van der Waals surface area contributed by atoms with E-state index in [1.165, 1.54) is 19.3 Å². The molecule has 4 saturated carbocycles. The van der Waals surface area contributed by atoms with Gasteiger partial charge in [0.25, 0.3) is 0 Å². The van der Waals surface area contributed by atoms with Gasteiger partial charge in [0.15, 0.2) is 0 Å². The lowest BCUT2D eigenvalue weighted by atomic mass is 9.49. The third-order valence-electron chi connectivity index (χ3n) is 6.76. The first-order valence-electron chi connectivity index (χ1n) is 9.83. The summed E-state index contributed by atoms with van der Waals surface area (Å²) in [5.74, 6) is 2.66. The zero-order chi connectivity index (χ0) is 17.6. The lowest BCUT2D eigenvalue weighted by Gasteiger charge is -2.55. The number of pyridine rings is 2. The van der Waals surface area contributed by atoms with Crippen molar-refractivity contribution in [2.24, 2.45) is 23.2 Å². The second-order valence-corrected chi connectivity index (χ2v) is 8.70. The van der Waals surface area contributed by atoms with E-state index >= 15 is 0 Å². The van der Waals surface area contributed by atoms with Crippen LogP contribution in [-0.4, -0.2) is 15.9 Å². The van der Waals surface area contributed by atoms with E-state index in [0.29, 0.717) is 6.54 Å². The van der Waals surface area contributed by atoms with Crippen molar-refractivity contribution in [3.05, 3.63) is 48.5 Å². The predicted octanol–water partition coefficient (Wildman–Crippen LogP) is 3.98. The smallest absolute Gasteiger partial charge is 0.226 e. The first-order chi connectivity index (χ1) is 12.7. The molecule has 4 aliphatic carbocycles. The summed E-state index contributed by atoms with van der Waals surface area (Å²) >= 11 is 0. The van der Waals surface area contributed by atoms with E-state index in [1.54, 1.807) is 6.20 Å². The average molecular weight is 347 g/mol. The molecule has 0 spiro atoms. The molecule has 4 heteroatoms. The number of hydrogen-bond donors (Lipinski definition) is 1.